The van der Waals surface area contributed by atoms with Crippen LogP contribution in [0.25, 0.3) is 0 Å². The summed E-state index contributed by atoms with van der Waals surface area (Å²) < 4.78 is 7.65. The van der Waals surface area contributed by atoms with Crippen LogP contribution in [0.2, 0.25) is 0 Å². The minimum Gasteiger partial charge on any atom is -0.379 e. The number of H-pyrrole nitrogens is 1. The Bertz CT molecular complexity index is 660. The highest BCUT2D eigenvalue weighted by Crippen LogP contribution is 2.20. The van der Waals surface area contributed by atoms with E-state index < -0.39 is 0 Å². The molecule has 0 aromatic carbocycles. The number of nitrogens with zero attached hydrogens (tertiary/aromatic N) is 5. The topological polar surface area (TPSA) is 62.2 Å². The van der Waals surface area contributed by atoms with Gasteiger partial charge in [-0.15, -0.1) is 0 Å². The van der Waals surface area contributed by atoms with Crippen molar-refractivity contribution in [3.8, 4) is 0 Å². The van der Waals surface area contributed by atoms with E-state index in [4.69, 9.17) is 4.74 Å². The molecule has 7 nitrogen and oxygen atoms in total. The predicted octanol–water partition coefficient (Wildman–Crippen LogP) is 1.02. The monoisotopic (exact) mass is 330 g/mol. The van der Waals surface area contributed by atoms with E-state index >= 15 is 0 Å². The van der Waals surface area contributed by atoms with Crippen molar-refractivity contribution in [1.82, 2.24) is 29.8 Å². The van der Waals surface area contributed by atoms with Crippen LogP contribution in [-0.4, -0.2) is 68.7 Å². The number of fused-ring (bicyclic) bond motifs is 1. The summed E-state index contributed by atoms with van der Waals surface area (Å²) in [6.07, 6.45) is 3.03. The van der Waals surface area contributed by atoms with Gasteiger partial charge in [-0.2, -0.15) is 10.2 Å². The Labute approximate surface area is 142 Å². The van der Waals surface area contributed by atoms with E-state index in [0.717, 1.165) is 70.3 Å². The SMILES string of the molecule is Cc1cc(CN2Cc3ccnn3CCC2CN2CCOCC2)n[nH]1. The minimum atomic E-state index is 0.516. The second kappa shape index (κ2) is 7.04. The molecule has 0 amide bonds. The third-order valence-electron chi connectivity index (χ3n) is 5.06. The highest BCUT2D eigenvalue weighted by Gasteiger charge is 2.27. The number of nitrogens with one attached hydrogen (secondary N) is 1. The lowest BCUT2D eigenvalue weighted by atomic mass is 10.1. The van der Waals surface area contributed by atoms with Crippen LogP contribution in [0.4, 0.5) is 0 Å². The van der Waals surface area contributed by atoms with Crippen molar-refractivity contribution in [3.05, 3.63) is 35.4 Å². The van der Waals surface area contributed by atoms with Crippen LogP contribution in [0.15, 0.2) is 18.3 Å². The number of hydrogen-bond acceptors (Lipinski definition) is 5. The first kappa shape index (κ1) is 15.8. The van der Waals surface area contributed by atoms with Gasteiger partial charge in [0.05, 0.1) is 24.6 Å². The normalized spacial score (nSPS) is 23.1. The predicted molar refractivity (Wildman–Crippen MR) is 90.5 cm³/mol. The zero-order chi connectivity index (χ0) is 16.4. The lowest BCUT2D eigenvalue weighted by Gasteiger charge is -2.35. The Hall–Kier alpha value is -1.70. The minimum absolute atomic E-state index is 0.516. The second-order valence-corrected chi connectivity index (χ2v) is 6.85. The number of aromatic amines is 1. The lowest BCUT2D eigenvalue weighted by Crippen LogP contribution is -2.46. The van der Waals surface area contributed by atoms with Gasteiger partial charge in [-0.1, -0.05) is 0 Å². The molecule has 0 spiro atoms. The Balaban J connectivity index is 1.51. The van der Waals surface area contributed by atoms with Crippen LogP contribution in [0.5, 0.6) is 0 Å². The summed E-state index contributed by atoms with van der Waals surface area (Å²) >= 11 is 0. The number of ether oxygens (including phenoxy) is 1. The molecule has 1 fully saturated rings. The third-order valence-corrected chi connectivity index (χ3v) is 5.06. The molecule has 1 N–H and O–H groups in total. The van der Waals surface area contributed by atoms with Crippen molar-refractivity contribution in [2.24, 2.45) is 0 Å². The fraction of sp³-hybridized carbons (Fsp3) is 0.647. The smallest absolute Gasteiger partial charge is 0.0765 e. The molecule has 2 aromatic heterocycles. The van der Waals surface area contributed by atoms with Gasteiger partial charge < -0.3 is 4.74 Å². The van der Waals surface area contributed by atoms with Crippen LogP contribution in [0.1, 0.15) is 23.5 Å². The molecule has 2 aliphatic rings. The molecule has 2 aliphatic heterocycles. The quantitative estimate of drug-likeness (QED) is 0.907. The number of aryl methyl sites for hydroxylation is 2. The highest BCUT2D eigenvalue weighted by atomic mass is 16.5. The molecule has 24 heavy (non-hydrogen) atoms. The maximum Gasteiger partial charge on any atom is 0.0765 e. The molecule has 0 radical (unpaired) electrons. The van der Waals surface area contributed by atoms with Crippen molar-refractivity contribution in [1.29, 1.82) is 0 Å². The van der Waals surface area contributed by atoms with Crippen LogP contribution in [-0.2, 0) is 24.4 Å². The maximum atomic E-state index is 5.49. The second-order valence-electron chi connectivity index (χ2n) is 6.85. The van der Waals surface area contributed by atoms with Gasteiger partial charge in [0.2, 0.25) is 0 Å². The molecule has 1 atom stereocenters. The molecule has 130 valence electrons. The summed E-state index contributed by atoms with van der Waals surface area (Å²) in [6.45, 7) is 9.74. The summed E-state index contributed by atoms with van der Waals surface area (Å²) in [5.41, 5.74) is 3.54. The van der Waals surface area contributed by atoms with Crippen LogP contribution >= 0.6 is 0 Å². The highest BCUT2D eigenvalue weighted by molar-refractivity contribution is 5.09. The van der Waals surface area contributed by atoms with E-state index in [0.29, 0.717) is 6.04 Å². The van der Waals surface area contributed by atoms with E-state index in [1.54, 1.807) is 0 Å². The summed E-state index contributed by atoms with van der Waals surface area (Å²) in [6, 6.07) is 4.80. The van der Waals surface area contributed by atoms with Crippen LogP contribution in [0.3, 0.4) is 0 Å². The summed E-state index contributed by atoms with van der Waals surface area (Å²) in [7, 11) is 0. The first-order valence-electron chi connectivity index (χ1n) is 8.83. The van der Waals surface area contributed by atoms with Gasteiger partial charge in [-0.05, 0) is 25.5 Å². The van der Waals surface area contributed by atoms with E-state index in [2.05, 4.69) is 48.8 Å². The number of hydrogen-bond donors (Lipinski definition) is 1. The van der Waals surface area contributed by atoms with Crippen molar-refractivity contribution >= 4 is 0 Å². The molecule has 0 aliphatic carbocycles. The summed E-state index contributed by atoms with van der Waals surface area (Å²) in [5.74, 6) is 0. The maximum absolute atomic E-state index is 5.49. The van der Waals surface area contributed by atoms with E-state index in [1.807, 2.05) is 6.20 Å². The number of aromatic nitrogens is 4. The Kier molecular flexibility index (Phi) is 4.64. The van der Waals surface area contributed by atoms with Gasteiger partial charge in [0.15, 0.2) is 0 Å². The van der Waals surface area contributed by atoms with E-state index in [1.165, 1.54) is 5.69 Å². The molecular weight excluding hydrogens is 304 g/mol. The Morgan fingerprint density at radius 2 is 2.17 bits per heavy atom. The van der Waals surface area contributed by atoms with Gasteiger partial charge in [0.25, 0.3) is 0 Å². The average Bonchev–Trinajstić information content (AvgIpc) is 3.17. The van der Waals surface area contributed by atoms with Gasteiger partial charge >= 0.3 is 0 Å². The van der Waals surface area contributed by atoms with E-state index in [-0.39, 0.29) is 0 Å². The molecule has 0 bridgehead atoms. The molecular formula is C17H26N6O. The lowest BCUT2D eigenvalue weighted by molar-refractivity contribution is 0.0195. The summed E-state index contributed by atoms with van der Waals surface area (Å²) in [5, 5.41) is 12.0. The van der Waals surface area contributed by atoms with Crippen molar-refractivity contribution in [3.63, 3.8) is 0 Å². The van der Waals surface area contributed by atoms with Gasteiger partial charge in [-0.25, -0.2) is 0 Å². The molecule has 7 heteroatoms. The van der Waals surface area contributed by atoms with Crippen LogP contribution < -0.4 is 0 Å². The van der Waals surface area contributed by atoms with Gasteiger partial charge in [-0.3, -0.25) is 19.6 Å². The fourth-order valence-electron chi connectivity index (χ4n) is 3.72. The molecule has 2 aromatic rings. The molecule has 1 unspecified atom stereocenters. The molecule has 4 heterocycles. The van der Waals surface area contributed by atoms with Crippen molar-refractivity contribution in [2.45, 2.75) is 39.0 Å². The van der Waals surface area contributed by atoms with Gasteiger partial charge in [0, 0.05) is 57.2 Å². The summed E-state index contributed by atoms with van der Waals surface area (Å²) in [4.78, 5) is 5.09. The number of morpholine rings is 1. The standard InChI is InChI=1S/C17H26N6O/c1-14-10-15(20-19-14)11-22-13-17-2-4-18-23(17)5-3-16(22)12-21-6-8-24-9-7-21/h2,4,10,16H,3,5-9,11-13H2,1H3,(H,19,20). The zero-order valence-corrected chi connectivity index (χ0v) is 14.3. The fourth-order valence-corrected chi connectivity index (χ4v) is 3.72. The molecule has 1 saturated heterocycles. The third kappa shape index (κ3) is 3.53. The first-order chi connectivity index (χ1) is 11.8. The molecule has 0 saturated carbocycles. The Morgan fingerprint density at radius 3 is 2.96 bits per heavy atom. The zero-order valence-electron chi connectivity index (χ0n) is 14.3. The van der Waals surface area contributed by atoms with E-state index in [9.17, 15) is 0 Å². The van der Waals surface area contributed by atoms with Gasteiger partial charge in [0.1, 0.15) is 0 Å². The molecule has 4 rings (SSSR count). The number of rotatable bonds is 4. The average molecular weight is 330 g/mol. The van der Waals surface area contributed by atoms with Crippen LogP contribution in [0, 0.1) is 6.92 Å². The Morgan fingerprint density at radius 1 is 1.29 bits per heavy atom. The first-order valence-corrected chi connectivity index (χ1v) is 8.83. The largest absolute Gasteiger partial charge is 0.379 e. The van der Waals surface area contributed by atoms with Crippen molar-refractivity contribution < 1.29 is 4.74 Å². The van der Waals surface area contributed by atoms with Crippen molar-refractivity contribution in [2.75, 3.05) is 32.8 Å².